The van der Waals surface area contributed by atoms with Gasteiger partial charge >= 0.3 is 0 Å². The van der Waals surface area contributed by atoms with Gasteiger partial charge in [-0.05, 0) is 43.3 Å². The third-order valence-corrected chi connectivity index (χ3v) is 5.16. The van der Waals surface area contributed by atoms with Crippen molar-refractivity contribution in [1.29, 1.82) is 0 Å². The summed E-state index contributed by atoms with van der Waals surface area (Å²) in [5, 5.41) is 9.93. The molecule has 6 heteroatoms. The van der Waals surface area contributed by atoms with E-state index in [1.165, 1.54) is 16.7 Å². The highest BCUT2D eigenvalue weighted by molar-refractivity contribution is 9.10. The lowest BCUT2D eigenvalue weighted by atomic mass is 10.2. The zero-order chi connectivity index (χ0) is 16.6. The van der Waals surface area contributed by atoms with Crippen molar-refractivity contribution in [2.75, 3.05) is 4.90 Å². The molecule has 1 fully saturated rings. The molecule has 0 radical (unpaired) electrons. The van der Waals surface area contributed by atoms with E-state index in [2.05, 4.69) is 15.9 Å². The van der Waals surface area contributed by atoms with Gasteiger partial charge in [0.2, 0.25) is 0 Å². The molecular formula is C17H12BrNO2S2. The summed E-state index contributed by atoms with van der Waals surface area (Å²) >= 11 is 9.93. The first-order chi connectivity index (χ1) is 11.0. The minimum atomic E-state index is -0.178. The SMILES string of the molecule is Cc1ccc(N2C(=O)/C(=C/c3cc(Br)ccc3O)SC2=S)cc1. The maximum Gasteiger partial charge on any atom is 0.270 e. The van der Waals surface area contributed by atoms with Crippen LogP contribution in [-0.4, -0.2) is 15.3 Å². The third kappa shape index (κ3) is 3.34. The third-order valence-electron chi connectivity index (χ3n) is 3.36. The Labute approximate surface area is 152 Å². The standard InChI is InChI=1S/C17H12BrNO2S2/c1-10-2-5-13(6-3-10)19-16(21)15(23-17(19)22)9-11-8-12(18)4-7-14(11)20/h2-9,20H,1H3/b15-9-. The van der Waals surface area contributed by atoms with Crippen molar-refractivity contribution in [3.8, 4) is 5.75 Å². The highest BCUT2D eigenvalue weighted by Gasteiger charge is 2.33. The molecule has 2 aromatic carbocycles. The zero-order valence-electron chi connectivity index (χ0n) is 12.1. The normalized spacial score (nSPS) is 16.4. The Morgan fingerprint density at radius 1 is 1.22 bits per heavy atom. The van der Waals surface area contributed by atoms with Crippen molar-refractivity contribution in [1.82, 2.24) is 0 Å². The molecule has 1 saturated heterocycles. The van der Waals surface area contributed by atoms with Gasteiger partial charge in [0.1, 0.15) is 5.75 Å². The second-order valence-electron chi connectivity index (χ2n) is 5.06. The number of aromatic hydroxyl groups is 1. The topological polar surface area (TPSA) is 40.5 Å². The number of halogens is 1. The van der Waals surface area contributed by atoms with Gasteiger partial charge in [0.25, 0.3) is 5.91 Å². The van der Waals surface area contributed by atoms with E-state index in [0.29, 0.717) is 14.8 Å². The zero-order valence-corrected chi connectivity index (χ0v) is 15.3. The molecule has 3 nitrogen and oxygen atoms in total. The summed E-state index contributed by atoms with van der Waals surface area (Å²) in [6.07, 6.45) is 1.66. The number of hydrogen-bond donors (Lipinski definition) is 1. The number of rotatable bonds is 2. The van der Waals surface area contributed by atoms with E-state index in [1.807, 2.05) is 31.2 Å². The molecular weight excluding hydrogens is 394 g/mol. The van der Waals surface area contributed by atoms with Gasteiger partial charge in [-0.2, -0.15) is 0 Å². The lowest BCUT2D eigenvalue weighted by molar-refractivity contribution is -0.113. The first-order valence-electron chi connectivity index (χ1n) is 6.79. The van der Waals surface area contributed by atoms with E-state index in [9.17, 15) is 9.90 Å². The predicted molar refractivity (Wildman–Crippen MR) is 103 cm³/mol. The summed E-state index contributed by atoms with van der Waals surface area (Å²) in [6.45, 7) is 1.99. The second-order valence-corrected chi connectivity index (χ2v) is 7.65. The first kappa shape index (κ1) is 16.2. The average Bonchev–Trinajstić information content (AvgIpc) is 2.79. The van der Waals surface area contributed by atoms with Crippen LogP contribution in [0.1, 0.15) is 11.1 Å². The van der Waals surface area contributed by atoms with Crippen LogP contribution >= 0.6 is 39.9 Å². The molecule has 0 unspecified atom stereocenters. The van der Waals surface area contributed by atoms with Crippen molar-refractivity contribution in [3.63, 3.8) is 0 Å². The summed E-state index contributed by atoms with van der Waals surface area (Å²) in [7, 11) is 0. The van der Waals surface area contributed by atoms with Gasteiger partial charge in [-0.15, -0.1) is 0 Å². The number of phenolic OH excluding ortho intramolecular Hbond substituents is 1. The Morgan fingerprint density at radius 2 is 1.91 bits per heavy atom. The Bertz CT molecular complexity index is 831. The van der Waals surface area contributed by atoms with Crippen LogP contribution in [0.5, 0.6) is 5.75 Å². The average molecular weight is 406 g/mol. The summed E-state index contributed by atoms with van der Waals surface area (Å²) in [5.74, 6) is -0.0583. The molecule has 0 aliphatic carbocycles. The minimum absolute atomic E-state index is 0.119. The number of anilines is 1. The van der Waals surface area contributed by atoms with Crippen LogP contribution in [0.15, 0.2) is 51.8 Å². The Kier molecular flexibility index (Phi) is 4.57. The highest BCUT2D eigenvalue weighted by Crippen LogP contribution is 2.37. The number of nitrogens with zero attached hydrogens (tertiary/aromatic N) is 1. The molecule has 116 valence electrons. The van der Waals surface area contributed by atoms with E-state index in [-0.39, 0.29) is 11.7 Å². The molecule has 2 aromatic rings. The number of carbonyl (C=O) groups excluding carboxylic acids is 1. The van der Waals surface area contributed by atoms with E-state index < -0.39 is 0 Å². The van der Waals surface area contributed by atoms with Crippen molar-refractivity contribution in [3.05, 3.63) is 63.0 Å². The number of phenols is 1. The number of thiocarbonyl (C=S) groups is 1. The number of hydrogen-bond acceptors (Lipinski definition) is 4. The van der Waals surface area contributed by atoms with E-state index in [0.717, 1.165) is 15.7 Å². The molecule has 1 N–H and O–H groups in total. The number of thioether (sulfide) groups is 1. The van der Waals surface area contributed by atoms with Crippen LogP contribution in [0.3, 0.4) is 0 Å². The number of carbonyl (C=O) groups is 1. The maximum absolute atomic E-state index is 12.7. The molecule has 23 heavy (non-hydrogen) atoms. The lowest BCUT2D eigenvalue weighted by Gasteiger charge is -2.14. The van der Waals surface area contributed by atoms with Gasteiger partial charge in [0, 0.05) is 10.0 Å². The summed E-state index contributed by atoms with van der Waals surface area (Å²) in [6, 6.07) is 12.7. The molecule has 3 rings (SSSR count). The van der Waals surface area contributed by atoms with Crippen molar-refractivity contribution in [2.45, 2.75) is 6.92 Å². The lowest BCUT2D eigenvalue weighted by Crippen LogP contribution is -2.27. The first-order valence-corrected chi connectivity index (χ1v) is 8.80. The summed E-state index contributed by atoms with van der Waals surface area (Å²) in [5.41, 5.74) is 2.44. The van der Waals surface area contributed by atoms with Crippen LogP contribution in [0, 0.1) is 6.92 Å². The Hall–Kier alpha value is -1.63. The summed E-state index contributed by atoms with van der Waals surface area (Å²) < 4.78 is 1.31. The smallest absolute Gasteiger partial charge is 0.270 e. The Morgan fingerprint density at radius 3 is 2.61 bits per heavy atom. The van der Waals surface area contributed by atoms with Gasteiger partial charge in [-0.3, -0.25) is 9.69 Å². The molecule has 1 aliphatic rings. The molecule has 0 spiro atoms. The Balaban J connectivity index is 1.96. The molecule has 0 atom stereocenters. The fraction of sp³-hybridized carbons (Fsp3) is 0.0588. The van der Waals surface area contributed by atoms with Crippen molar-refractivity contribution >= 4 is 61.9 Å². The van der Waals surface area contributed by atoms with Gasteiger partial charge in [-0.1, -0.05) is 57.6 Å². The number of benzene rings is 2. The van der Waals surface area contributed by atoms with Crippen LogP contribution in [0.4, 0.5) is 5.69 Å². The number of amides is 1. The quantitative estimate of drug-likeness (QED) is 0.571. The molecule has 1 heterocycles. The second kappa shape index (κ2) is 6.47. The summed E-state index contributed by atoms with van der Waals surface area (Å²) in [4.78, 5) is 14.7. The van der Waals surface area contributed by atoms with Crippen LogP contribution < -0.4 is 4.90 Å². The molecule has 1 amide bonds. The van der Waals surface area contributed by atoms with E-state index in [1.54, 1.807) is 24.3 Å². The fourth-order valence-corrected chi connectivity index (χ4v) is 3.84. The van der Waals surface area contributed by atoms with Crippen LogP contribution in [0.2, 0.25) is 0 Å². The molecule has 0 saturated carbocycles. The van der Waals surface area contributed by atoms with E-state index in [4.69, 9.17) is 12.2 Å². The van der Waals surface area contributed by atoms with Gasteiger partial charge in [0.15, 0.2) is 4.32 Å². The largest absolute Gasteiger partial charge is 0.507 e. The minimum Gasteiger partial charge on any atom is -0.507 e. The molecule has 0 aromatic heterocycles. The van der Waals surface area contributed by atoms with Gasteiger partial charge in [0.05, 0.1) is 10.6 Å². The molecule has 1 aliphatic heterocycles. The van der Waals surface area contributed by atoms with Gasteiger partial charge < -0.3 is 5.11 Å². The predicted octanol–water partition coefficient (Wildman–Crippen LogP) is 4.87. The monoisotopic (exact) mass is 405 g/mol. The maximum atomic E-state index is 12.7. The van der Waals surface area contributed by atoms with Gasteiger partial charge in [-0.25, -0.2) is 0 Å². The van der Waals surface area contributed by atoms with Crippen molar-refractivity contribution in [2.24, 2.45) is 0 Å². The number of aryl methyl sites for hydroxylation is 1. The van der Waals surface area contributed by atoms with Crippen molar-refractivity contribution < 1.29 is 9.90 Å². The van der Waals surface area contributed by atoms with Crippen LogP contribution in [-0.2, 0) is 4.79 Å². The molecule has 0 bridgehead atoms. The van der Waals surface area contributed by atoms with Crippen LogP contribution in [0.25, 0.3) is 6.08 Å². The van der Waals surface area contributed by atoms with E-state index >= 15 is 0 Å². The fourth-order valence-electron chi connectivity index (χ4n) is 2.17. The highest BCUT2D eigenvalue weighted by atomic mass is 79.9.